The second-order valence-corrected chi connectivity index (χ2v) is 15.0. The van der Waals surface area contributed by atoms with Crippen LogP contribution in [0, 0.1) is 11.8 Å². The number of nitrogens with zero attached hydrogens (tertiary/aromatic N) is 2. The molecule has 3 heterocycles. The highest BCUT2D eigenvalue weighted by Crippen LogP contribution is 2.41. The maximum absolute atomic E-state index is 13.7. The third-order valence-electron chi connectivity index (χ3n) is 9.85. The first-order valence-electron chi connectivity index (χ1n) is 16.3. The summed E-state index contributed by atoms with van der Waals surface area (Å²) in [4.78, 5) is 15.9. The van der Waals surface area contributed by atoms with Crippen molar-refractivity contribution in [2.75, 3.05) is 31.1 Å². The Hall–Kier alpha value is -2.63. The normalized spacial score (nSPS) is 30.1. The molecular weight excluding hydrogens is 614 g/mol. The molecule has 0 unspecified atom stereocenters. The number of rotatable bonds is 2. The lowest BCUT2D eigenvalue weighted by atomic mass is 9.70. The molecular formula is C34H44ClN3O6S. The van der Waals surface area contributed by atoms with Crippen molar-refractivity contribution in [2.45, 2.75) is 83.1 Å². The Bertz CT molecular complexity index is 1510. The number of aryl methyl sites for hydroxylation is 1. The van der Waals surface area contributed by atoms with Gasteiger partial charge in [0.25, 0.3) is 5.91 Å². The number of carbonyl (C=O) groups excluding carboxylic acids is 1. The number of hydrogen-bond acceptors (Lipinski definition) is 7. The molecule has 2 aromatic carbocycles. The zero-order valence-electron chi connectivity index (χ0n) is 25.9. The lowest BCUT2D eigenvalue weighted by molar-refractivity contribution is 0.0460. The van der Waals surface area contributed by atoms with Crippen molar-refractivity contribution >= 4 is 33.4 Å². The van der Waals surface area contributed by atoms with Crippen molar-refractivity contribution in [3.63, 3.8) is 0 Å². The minimum absolute atomic E-state index is 0.108. The van der Waals surface area contributed by atoms with Crippen LogP contribution in [0.2, 0.25) is 5.02 Å². The first kappa shape index (κ1) is 32.3. The predicted octanol–water partition coefficient (Wildman–Crippen LogP) is 5.25. The Morgan fingerprint density at radius 1 is 1.07 bits per heavy atom. The van der Waals surface area contributed by atoms with Crippen LogP contribution in [-0.2, 0) is 28.0 Å². The molecule has 2 fully saturated rings. The molecule has 1 amide bonds. The Labute approximate surface area is 271 Å². The van der Waals surface area contributed by atoms with Crippen molar-refractivity contribution in [3.8, 4) is 5.75 Å². The first-order chi connectivity index (χ1) is 21.7. The molecule has 5 atom stereocenters. The first-order valence-corrected chi connectivity index (χ1v) is 18.1. The van der Waals surface area contributed by atoms with E-state index in [1.165, 1.54) is 9.87 Å². The van der Waals surface area contributed by atoms with Crippen molar-refractivity contribution in [1.29, 1.82) is 0 Å². The molecule has 0 radical (unpaired) electrons. The van der Waals surface area contributed by atoms with E-state index in [1.54, 1.807) is 18.2 Å². The lowest BCUT2D eigenvalue weighted by Crippen LogP contribution is -2.50. The predicted molar refractivity (Wildman–Crippen MR) is 175 cm³/mol. The maximum atomic E-state index is 13.7. The van der Waals surface area contributed by atoms with Gasteiger partial charge in [-0.15, -0.1) is 0 Å². The number of amides is 1. The molecule has 1 saturated heterocycles. The summed E-state index contributed by atoms with van der Waals surface area (Å²) in [7, 11) is -4.21. The lowest BCUT2D eigenvalue weighted by Gasteiger charge is -2.42. The van der Waals surface area contributed by atoms with Gasteiger partial charge in [-0.2, -0.15) is 12.7 Å². The molecule has 0 aromatic heterocycles. The summed E-state index contributed by atoms with van der Waals surface area (Å²) >= 11 is 6.32. The van der Waals surface area contributed by atoms with Crippen LogP contribution < -0.4 is 14.4 Å². The number of ether oxygens (including phenoxy) is 2. The van der Waals surface area contributed by atoms with Crippen molar-refractivity contribution in [3.05, 3.63) is 70.3 Å². The second kappa shape index (κ2) is 14.0. The van der Waals surface area contributed by atoms with Gasteiger partial charge in [0.05, 0.1) is 17.9 Å². The van der Waals surface area contributed by atoms with E-state index >= 15 is 0 Å². The van der Waals surface area contributed by atoms with Crippen LogP contribution in [-0.4, -0.2) is 68.2 Å². The molecule has 2 bridgehead atoms. The molecule has 2 aromatic rings. The van der Waals surface area contributed by atoms with Crippen LogP contribution in [0.5, 0.6) is 5.75 Å². The molecule has 11 heteroatoms. The standard InChI is InChI=1S/C34H44ClN3O6S/c1-23-6-4-9-32(39)30-14-11-26(30)20-37-16-3-2-7-24-18-28(35)13-10-27(24)22-44-33-15-12-25(19-31(33)37)34(40)36-45(41,42)38(23)21-29-8-5-17-43-29/h4,9-10,12-13,15,18-19,23,26,29-30,32,39H,2-3,5-8,11,14,16-17,20-22H2,1H3,(H,36,40)/b9-4-/t23-,26+,29+,30-,32+/m1/s1. The minimum atomic E-state index is -4.21. The van der Waals surface area contributed by atoms with E-state index in [-0.39, 0.29) is 30.0 Å². The number of aliphatic hydroxyl groups excluding tert-OH is 1. The van der Waals surface area contributed by atoms with E-state index in [2.05, 4.69) is 9.62 Å². The van der Waals surface area contributed by atoms with Gasteiger partial charge < -0.3 is 19.5 Å². The molecule has 45 heavy (non-hydrogen) atoms. The number of halogens is 1. The summed E-state index contributed by atoms with van der Waals surface area (Å²) in [6.45, 7) is 4.37. The number of hydrogen-bond donors (Lipinski definition) is 2. The van der Waals surface area contributed by atoms with Crippen LogP contribution in [0.25, 0.3) is 0 Å². The smallest absolute Gasteiger partial charge is 0.304 e. The number of nitrogens with one attached hydrogen (secondary N) is 1. The number of benzene rings is 2. The van der Waals surface area contributed by atoms with Gasteiger partial charge in [-0.25, -0.2) is 4.72 Å². The molecule has 2 N–H and O–H groups in total. The number of carbonyl (C=O) groups is 1. The van der Waals surface area contributed by atoms with E-state index in [0.29, 0.717) is 37.0 Å². The Kier molecular flexibility index (Phi) is 10.1. The van der Waals surface area contributed by atoms with Gasteiger partial charge in [0.2, 0.25) is 0 Å². The fourth-order valence-corrected chi connectivity index (χ4v) is 8.63. The number of fused-ring (bicyclic) bond motifs is 3. The zero-order chi connectivity index (χ0) is 31.6. The summed E-state index contributed by atoms with van der Waals surface area (Å²) in [5.41, 5.74) is 3.23. The fourth-order valence-electron chi connectivity index (χ4n) is 7.05. The van der Waals surface area contributed by atoms with Gasteiger partial charge in [-0.1, -0.05) is 29.8 Å². The third-order valence-corrected chi connectivity index (χ3v) is 11.7. The van der Waals surface area contributed by atoms with Crippen LogP contribution in [0.4, 0.5) is 5.69 Å². The van der Waals surface area contributed by atoms with Gasteiger partial charge in [-0.3, -0.25) is 4.79 Å². The molecule has 0 spiro atoms. The van der Waals surface area contributed by atoms with Crippen molar-refractivity contribution < 1.29 is 27.8 Å². The molecule has 9 nitrogen and oxygen atoms in total. The zero-order valence-corrected chi connectivity index (χ0v) is 27.4. The van der Waals surface area contributed by atoms with Gasteiger partial charge in [0, 0.05) is 42.9 Å². The van der Waals surface area contributed by atoms with E-state index < -0.39 is 28.3 Å². The molecule has 3 aliphatic heterocycles. The summed E-state index contributed by atoms with van der Waals surface area (Å²) in [6, 6.07) is 10.6. The summed E-state index contributed by atoms with van der Waals surface area (Å²) in [6.07, 6.45) is 9.59. The third kappa shape index (κ3) is 7.52. The Balaban J connectivity index is 1.36. The van der Waals surface area contributed by atoms with Crippen LogP contribution in [0.3, 0.4) is 0 Å². The van der Waals surface area contributed by atoms with E-state index in [4.69, 9.17) is 21.1 Å². The molecule has 6 rings (SSSR count). The average Bonchev–Trinajstić information content (AvgIpc) is 3.50. The average molecular weight is 658 g/mol. The van der Waals surface area contributed by atoms with E-state index in [1.807, 2.05) is 37.3 Å². The van der Waals surface area contributed by atoms with Crippen LogP contribution in [0.15, 0.2) is 48.6 Å². The highest BCUT2D eigenvalue weighted by molar-refractivity contribution is 7.87. The van der Waals surface area contributed by atoms with Gasteiger partial charge in [-0.05, 0) is 112 Å². The van der Waals surface area contributed by atoms with E-state index in [0.717, 1.165) is 62.7 Å². The highest BCUT2D eigenvalue weighted by atomic mass is 35.5. The molecule has 4 aliphatic rings. The molecule has 244 valence electrons. The quantitative estimate of drug-likeness (QED) is 0.425. The van der Waals surface area contributed by atoms with E-state index in [9.17, 15) is 18.3 Å². The summed E-state index contributed by atoms with van der Waals surface area (Å²) in [5.74, 6) is 0.328. The highest BCUT2D eigenvalue weighted by Gasteiger charge is 2.38. The van der Waals surface area contributed by atoms with Crippen LogP contribution in [0.1, 0.15) is 73.4 Å². The largest absolute Gasteiger partial charge is 0.487 e. The summed E-state index contributed by atoms with van der Waals surface area (Å²) in [5, 5.41) is 11.9. The van der Waals surface area contributed by atoms with Gasteiger partial charge >= 0.3 is 10.2 Å². The van der Waals surface area contributed by atoms with Gasteiger partial charge in [0.15, 0.2) is 0 Å². The molecule has 1 saturated carbocycles. The Morgan fingerprint density at radius 2 is 1.93 bits per heavy atom. The van der Waals surface area contributed by atoms with Crippen LogP contribution >= 0.6 is 11.6 Å². The van der Waals surface area contributed by atoms with Gasteiger partial charge in [0.1, 0.15) is 12.4 Å². The fraction of sp³-hybridized carbons (Fsp3) is 0.559. The second-order valence-electron chi connectivity index (χ2n) is 12.9. The van der Waals surface area contributed by atoms with Crippen molar-refractivity contribution in [1.82, 2.24) is 9.03 Å². The SMILES string of the molecule is C[C@@H]1C/C=C\[C@H](O)[C@@H]2CC[C@H]2CN2CCCCc3cc(Cl)ccc3COc3ccc(cc32)C(=O)NS(=O)(=O)N1C[C@@H]1CCCO1. The maximum Gasteiger partial charge on any atom is 0.304 e. The minimum Gasteiger partial charge on any atom is -0.487 e. The summed E-state index contributed by atoms with van der Waals surface area (Å²) < 4.78 is 43.4. The van der Waals surface area contributed by atoms with Crippen molar-refractivity contribution in [2.24, 2.45) is 11.8 Å². The number of aliphatic hydroxyl groups is 1. The number of anilines is 1. The monoisotopic (exact) mass is 657 g/mol. The Morgan fingerprint density at radius 3 is 2.71 bits per heavy atom. The molecule has 1 aliphatic carbocycles. The topological polar surface area (TPSA) is 108 Å².